The summed E-state index contributed by atoms with van der Waals surface area (Å²) >= 11 is 6.31. The predicted octanol–water partition coefficient (Wildman–Crippen LogP) is 1.70. The van der Waals surface area contributed by atoms with Gasteiger partial charge in [0.05, 0.1) is 23.6 Å². The highest BCUT2D eigenvalue weighted by molar-refractivity contribution is 6.30. The Morgan fingerprint density at radius 3 is 2.57 bits per heavy atom. The highest BCUT2D eigenvalue weighted by atomic mass is 35.5. The minimum absolute atomic E-state index is 0.116. The summed E-state index contributed by atoms with van der Waals surface area (Å²) in [4.78, 5) is 52.3. The second kappa shape index (κ2) is 9.50. The van der Waals surface area contributed by atoms with Crippen molar-refractivity contribution in [2.75, 3.05) is 31.8 Å². The smallest absolute Gasteiger partial charge is 0.280 e. The number of nitrogens with zero attached hydrogens (tertiary/aromatic N) is 7. The zero-order valence-corrected chi connectivity index (χ0v) is 20.9. The van der Waals surface area contributed by atoms with E-state index in [1.807, 2.05) is 0 Å². The van der Waals surface area contributed by atoms with E-state index < -0.39 is 5.56 Å². The summed E-state index contributed by atoms with van der Waals surface area (Å²) in [6, 6.07) is 3.28. The number of anilines is 3. The average Bonchev–Trinajstić information content (AvgIpc) is 3.59. The van der Waals surface area contributed by atoms with Crippen molar-refractivity contribution in [2.45, 2.75) is 18.9 Å². The van der Waals surface area contributed by atoms with Crippen LogP contribution in [0, 0.1) is 0 Å². The summed E-state index contributed by atoms with van der Waals surface area (Å²) in [5.41, 5.74) is 0.421. The number of pyridine rings is 1. The quantitative estimate of drug-likeness (QED) is 0.329. The lowest BCUT2D eigenvalue weighted by Gasteiger charge is -2.13. The minimum Gasteiger partial charge on any atom is -0.373 e. The Hall–Kier alpha value is -4.52. The van der Waals surface area contributed by atoms with E-state index in [-0.39, 0.29) is 40.1 Å². The summed E-state index contributed by atoms with van der Waals surface area (Å²) in [6.07, 6.45) is 7.37. The molecule has 4 aromatic rings. The van der Waals surface area contributed by atoms with Crippen LogP contribution in [0.3, 0.4) is 0 Å². The van der Waals surface area contributed by atoms with Crippen molar-refractivity contribution in [3.63, 3.8) is 0 Å². The van der Waals surface area contributed by atoms with Gasteiger partial charge in [-0.2, -0.15) is 9.61 Å². The molecular formula is C23H23ClN10O3. The first kappa shape index (κ1) is 24.2. The average molecular weight is 523 g/mol. The summed E-state index contributed by atoms with van der Waals surface area (Å²) in [6.45, 7) is 0. The SMILES string of the molecule is CNc1cc(Nc2cc(Cl)cn(-c3cnc(C(=O)N(C)C)cn3)c2=O)nc2c(C(=O)NC3CC3)cnn12. The van der Waals surface area contributed by atoms with Crippen LogP contribution in [0.5, 0.6) is 0 Å². The number of halogens is 1. The van der Waals surface area contributed by atoms with Gasteiger partial charge in [0.25, 0.3) is 17.4 Å². The Morgan fingerprint density at radius 2 is 1.92 bits per heavy atom. The number of aromatic nitrogens is 6. The second-order valence-electron chi connectivity index (χ2n) is 8.65. The lowest BCUT2D eigenvalue weighted by molar-refractivity contribution is 0.0821. The third kappa shape index (κ3) is 4.80. The fourth-order valence-electron chi connectivity index (χ4n) is 3.59. The van der Waals surface area contributed by atoms with Crippen molar-refractivity contribution in [2.24, 2.45) is 0 Å². The lowest BCUT2D eigenvalue weighted by atomic mass is 10.3. The van der Waals surface area contributed by atoms with Gasteiger partial charge in [0.15, 0.2) is 11.5 Å². The molecule has 1 aliphatic rings. The number of fused-ring (bicyclic) bond motifs is 1. The van der Waals surface area contributed by atoms with E-state index >= 15 is 0 Å². The minimum atomic E-state index is -0.474. The van der Waals surface area contributed by atoms with E-state index in [1.54, 1.807) is 27.2 Å². The molecule has 0 atom stereocenters. The first-order valence-electron chi connectivity index (χ1n) is 11.4. The molecule has 13 nitrogen and oxygen atoms in total. The Labute approximate surface area is 215 Å². The summed E-state index contributed by atoms with van der Waals surface area (Å²) in [5.74, 6) is 0.449. The normalized spacial score (nSPS) is 12.9. The molecular weight excluding hydrogens is 500 g/mol. The molecule has 4 heterocycles. The van der Waals surface area contributed by atoms with Crippen LogP contribution in [-0.2, 0) is 0 Å². The number of nitrogens with one attached hydrogen (secondary N) is 3. The third-order valence-corrected chi connectivity index (χ3v) is 5.85. The van der Waals surface area contributed by atoms with Crippen molar-refractivity contribution in [3.8, 4) is 5.82 Å². The van der Waals surface area contributed by atoms with Crippen molar-refractivity contribution >= 4 is 46.4 Å². The maximum Gasteiger partial charge on any atom is 0.280 e. The molecule has 37 heavy (non-hydrogen) atoms. The molecule has 1 saturated carbocycles. The zero-order chi connectivity index (χ0) is 26.3. The molecule has 3 N–H and O–H groups in total. The summed E-state index contributed by atoms with van der Waals surface area (Å²) < 4.78 is 2.72. The second-order valence-corrected chi connectivity index (χ2v) is 9.09. The molecule has 0 aromatic carbocycles. The fraction of sp³-hybridized carbons (Fsp3) is 0.261. The molecule has 5 rings (SSSR count). The first-order chi connectivity index (χ1) is 17.7. The Kier molecular flexibility index (Phi) is 6.21. The molecule has 2 amide bonds. The van der Waals surface area contributed by atoms with Gasteiger partial charge in [0.2, 0.25) is 0 Å². The third-order valence-electron chi connectivity index (χ3n) is 5.64. The van der Waals surface area contributed by atoms with Crippen LogP contribution in [0.4, 0.5) is 17.3 Å². The van der Waals surface area contributed by atoms with Crippen LogP contribution in [0.15, 0.2) is 41.7 Å². The van der Waals surface area contributed by atoms with Crippen molar-refractivity contribution in [3.05, 3.63) is 63.6 Å². The van der Waals surface area contributed by atoms with E-state index in [2.05, 4.69) is 36.0 Å². The van der Waals surface area contributed by atoms with Gasteiger partial charge in [-0.15, -0.1) is 0 Å². The maximum absolute atomic E-state index is 13.3. The lowest BCUT2D eigenvalue weighted by Crippen LogP contribution is -2.25. The van der Waals surface area contributed by atoms with Gasteiger partial charge < -0.3 is 20.9 Å². The van der Waals surface area contributed by atoms with Crippen LogP contribution in [-0.4, -0.2) is 73.0 Å². The molecule has 0 aliphatic heterocycles. The predicted molar refractivity (Wildman–Crippen MR) is 137 cm³/mol. The molecule has 1 fully saturated rings. The first-order valence-corrected chi connectivity index (χ1v) is 11.7. The zero-order valence-electron chi connectivity index (χ0n) is 20.2. The van der Waals surface area contributed by atoms with Crippen molar-refractivity contribution in [1.29, 1.82) is 0 Å². The monoisotopic (exact) mass is 522 g/mol. The Morgan fingerprint density at radius 1 is 1.14 bits per heavy atom. The van der Waals surface area contributed by atoms with Crippen LogP contribution in [0.25, 0.3) is 11.5 Å². The van der Waals surface area contributed by atoms with Crippen LogP contribution in [0.2, 0.25) is 5.02 Å². The van der Waals surface area contributed by atoms with E-state index in [0.29, 0.717) is 22.8 Å². The molecule has 0 saturated heterocycles. The van der Waals surface area contributed by atoms with E-state index in [1.165, 1.54) is 44.8 Å². The van der Waals surface area contributed by atoms with Crippen LogP contribution >= 0.6 is 11.6 Å². The molecule has 0 bridgehead atoms. The molecule has 190 valence electrons. The Balaban J connectivity index is 1.50. The fourth-order valence-corrected chi connectivity index (χ4v) is 3.79. The van der Waals surface area contributed by atoms with Crippen molar-refractivity contribution in [1.82, 2.24) is 39.3 Å². The van der Waals surface area contributed by atoms with Gasteiger partial charge in [-0.3, -0.25) is 19.0 Å². The summed E-state index contributed by atoms with van der Waals surface area (Å²) in [7, 11) is 4.92. The number of carbonyl (C=O) groups is 2. The van der Waals surface area contributed by atoms with E-state index in [0.717, 1.165) is 12.8 Å². The number of rotatable bonds is 7. The van der Waals surface area contributed by atoms with Crippen LogP contribution < -0.4 is 21.5 Å². The highest BCUT2D eigenvalue weighted by Crippen LogP contribution is 2.24. The van der Waals surface area contributed by atoms with Crippen LogP contribution in [0.1, 0.15) is 33.7 Å². The van der Waals surface area contributed by atoms with Gasteiger partial charge in [0, 0.05) is 39.4 Å². The van der Waals surface area contributed by atoms with Gasteiger partial charge >= 0.3 is 0 Å². The molecule has 0 spiro atoms. The molecule has 4 aromatic heterocycles. The van der Waals surface area contributed by atoms with Gasteiger partial charge in [-0.05, 0) is 18.9 Å². The molecule has 0 unspecified atom stereocenters. The largest absolute Gasteiger partial charge is 0.373 e. The van der Waals surface area contributed by atoms with E-state index in [9.17, 15) is 14.4 Å². The maximum atomic E-state index is 13.3. The Bertz CT molecular complexity index is 1570. The van der Waals surface area contributed by atoms with Gasteiger partial charge in [0.1, 0.15) is 28.6 Å². The number of hydrogen-bond donors (Lipinski definition) is 3. The number of hydrogen-bond acceptors (Lipinski definition) is 9. The molecule has 1 aliphatic carbocycles. The number of carbonyl (C=O) groups excluding carboxylic acids is 2. The molecule has 14 heteroatoms. The van der Waals surface area contributed by atoms with Gasteiger partial charge in [-0.25, -0.2) is 15.0 Å². The van der Waals surface area contributed by atoms with E-state index in [4.69, 9.17) is 11.6 Å². The number of amides is 2. The van der Waals surface area contributed by atoms with Crippen molar-refractivity contribution < 1.29 is 9.59 Å². The molecule has 0 radical (unpaired) electrons. The topological polar surface area (TPSA) is 151 Å². The standard InChI is InChI=1S/C23H23ClN10O3/c1-25-18-7-17(31-20-14(8-28-34(18)20)21(35)29-13-4-5-13)30-15-6-12(24)11-33(23(15)37)19-10-26-16(9-27-19)22(36)32(2)3/h6-11,13,25H,4-5H2,1-3H3,(H,29,35)(H,30,31). The van der Waals surface area contributed by atoms with Gasteiger partial charge in [-0.1, -0.05) is 11.6 Å². The summed E-state index contributed by atoms with van der Waals surface area (Å²) in [5, 5.41) is 13.5. The highest BCUT2D eigenvalue weighted by Gasteiger charge is 2.26.